The number of benzene rings is 2. The van der Waals surface area contributed by atoms with Gasteiger partial charge in [-0.25, -0.2) is 13.4 Å². The second kappa shape index (κ2) is 9.52. The Bertz CT molecular complexity index is 1380. The van der Waals surface area contributed by atoms with Gasteiger partial charge in [0.1, 0.15) is 5.75 Å². The Kier molecular flexibility index (Phi) is 6.85. The van der Waals surface area contributed by atoms with E-state index in [1.807, 2.05) is 56.3 Å². The number of hydrogen-bond donors (Lipinski definition) is 1. The first-order valence-corrected chi connectivity index (χ1v) is 14.1. The lowest BCUT2D eigenvalue weighted by Gasteiger charge is -2.19. The third kappa shape index (κ3) is 5.51. The van der Waals surface area contributed by atoms with Crippen molar-refractivity contribution < 1.29 is 13.2 Å². The summed E-state index contributed by atoms with van der Waals surface area (Å²) in [4.78, 5) is 5.91. The number of ether oxygens (including phenoxy) is 1. The van der Waals surface area contributed by atoms with Crippen molar-refractivity contribution in [1.82, 2.24) is 4.98 Å². The zero-order chi connectivity index (χ0) is 24.5. The molecular formula is C26H28N2O3S3. The van der Waals surface area contributed by atoms with Gasteiger partial charge >= 0.3 is 0 Å². The molecule has 34 heavy (non-hydrogen) atoms. The van der Waals surface area contributed by atoms with Gasteiger partial charge in [0.25, 0.3) is 10.0 Å². The van der Waals surface area contributed by atoms with Crippen LogP contribution in [0.4, 0.5) is 5.13 Å². The Morgan fingerprint density at radius 2 is 1.74 bits per heavy atom. The number of nitrogens with zero attached hydrogens (tertiary/aromatic N) is 1. The lowest BCUT2D eigenvalue weighted by molar-refractivity contribution is 0.198. The van der Waals surface area contributed by atoms with Gasteiger partial charge in [0.15, 0.2) is 5.13 Å². The van der Waals surface area contributed by atoms with E-state index in [1.54, 1.807) is 16.8 Å². The first kappa shape index (κ1) is 24.4. The molecule has 1 N–H and O–H groups in total. The third-order valence-corrected chi connectivity index (χ3v) is 8.46. The molecule has 0 saturated heterocycles. The number of anilines is 1. The predicted molar refractivity (Wildman–Crippen MR) is 143 cm³/mol. The molecule has 4 aromatic rings. The molecule has 0 atom stereocenters. The largest absolute Gasteiger partial charge is 0.493 e. The average molecular weight is 513 g/mol. The standard InChI is InChI=1S/C26H28N2O3S3/c1-17-8-6-9-18(2)22(17)23-24(19-10-7-11-20(14-19)31-16-26(3,4)5)33-25(27-23)28-34(29,30)21-12-13-32-15-21/h6-15H,16H2,1-5H3,(H,27,28). The minimum absolute atomic E-state index is 0.0387. The fourth-order valence-corrected chi connectivity index (χ4v) is 6.75. The van der Waals surface area contributed by atoms with Gasteiger partial charge < -0.3 is 4.74 Å². The monoisotopic (exact) mass is 512 g/mol. The summed E-state index contributed by atoms with van der Waals surface area (Å²) in [6.45, 7) is 11.1. The van der Waals surface area contributed by atoms with Crippen molar-refractivity contribution in [3.05, 3.63) is 70.4 Å². The molecule has 5 nitrogen and oxygen atoms in total. The van der Waals surface area contributed by atoms with Crippen LogP contribution < -0.4 is 9.46 Å². The fourth-order valence-electron chi connectivity index (χ4n) is 3.52. The van der Waals surface area contributed by atoms with Crippen molar-refractivity contribution in [2.45, 2.75) is 39.5 Å². The quantitative estimate of drug-likeness (QED) is 0.280. The molecule has 0 bridgehead atoms. The van der Waals surface area contributed by atoms with Crippen LogP contribution in [0.3, 0.4) is 0 Å². The zero-order valence-corrected chi connectivity index (χ0v) is 22.3. The third-order valence-electron chi connectivity index (χ3n) is 5.14. The highest BCUT2D eigenvalue weighted by Crippen LogP contribution is 2.42. The van der Waals surface area contributed by atoms with Crippen LogP contribution in [0.15, 0.2) is 64.2 Å². The van der Waals surface area contributed by atoms with E-state index in [1.165, 1.54) is 22.7 Å². The molecule has 2 aromatic carbocycles. The zero-order valence-electron chi connectivity index (χ0n) is 19.9. The number of hydrogen-bond acceptors (Lipinski definition) is 6. The highest BCUT2D eigenvalue weighted by Gasteiger charge is 2.22. The van der Waals surface area contributed by atoms with E-state index in [9.17, 15) is 8.42 Å². The summed E-state index contributed by atoms with van der Waals surface area (Å²) in [5, 5.41) is 3.69. The smallest absolute Gasteiger partial charge is 0.264 e. The van der Waals surface area contributed by atoms with Gasteiger partial charge in [-0.15, -0.1) is 0 Å². The first-order chi connectivity index (χ1) is 16.0. The molecular weight excluding hydrogens is 484 g/mol. The molecule has 2 aromatic heterocycles. The van der Waals surface area contributed by atoms with E-state index in [-0.39, 0.29) is 10.3 Å². The maximum atomic E-state index is 12.9. The van der Waals surface area contributed by atoms with Crippen LogP contribution in [-0.2, 0) is 10.0 Å². The summed E-state index contributed by atoms with van der Waals surface area (Å²) in [5.74, 6) is 0.772. The fraction of sp³-hybridized carbons (Fsp3) is 0.269. The number of thiazole rings is 1. The van der Waals surface area contributed by atoms with Gasteiger partial charge in [0, 0.05) is 10.9 Å². The van der Waals surface area contributed by atoms with Gasteiger partial charge in [-0.2, -0.15) is 11.3 Å². The molecule has 4 rings (SSSR count). The van der Waals surface area contributed by atoms with E-state index in [2.05, 4.69) is 25.5 Å². The molecule has 0 saturated carbocycles. The average Bonchev–Trinajstić information content (AvgIpc) is 3.43. The van der Waals surface area contributed by atoms with Crippen molar-refractivity contribution in [3.8, 4) is 27.4 Å². The van der Waals surface area contributed by atoms with Gasteiger partial charge in [0.05, 0.1) is 22.1 Å². The Morgan fingerprint density at radius 3 is 2.38 bits per heavy atom. The van der Waals surface area contributed by atoms with Crippen LogP contribution >= 0.6 is 22.7 Å². The molecule has 178 valence electrons. The lowest BCUT2D eigenvalue weighted by atomic mass is 9.97. The normalized spacial score (nSPS) is 12.0. The second-order valence-corrected chi connectivity index (χ2v) is 12.9. The Balaban J connectivity index is 1.80. The van der Waals surface area contributed by atoms with Gasteiger partial charge in [-0.1, -0.05) is 62.4 Å². The van der Waals surface area contributed by atoms with Gasteiger partial charge in [0.2, 0.25) is 0 Å². The van der Waals surface area contributed by atoms with Crippen LogP contribution in [0, 0.1) is 19.3 Å². The van der Waals surface area contributed by atoms with Crippen molar-refractivity contribution in [3.63, 3.8) is 0 Å². The summed E-state index contributed by atoms with van der Waals surface area (Å²) < 4.78 is 34.4. The van der Waals surface area contributed by atoms with Crippen LogP contribution in [0.25, 0.3) is 21.7 Å². The Labute approximate surface area is 209 Å². The van der Waals surface area contributed by atoms with Crippen molar-refractivity contribution in [2.24, 2.45) is 5.41 Å². The summed E-state index contributed by atoms with van der Waals surface area (Å²) in [7, 11) is -3.71. The van der Waals surface area contributed by atoms with E-state index in [0.29, 0.717) is 11.7 Å². The van der Waals surface area contributed by atoms with E-state index in [4.69, 9.17) is 9.72 Å². The molecule has 0 fully saturated rings. The van der Waals surface area contributed by atoms with E-state index < -0.39 is 10.0 Å². The van der Waals surface area contributed by atoms with Crippen molar-refractivity contribution in [1.29, 1.82) is 0 Å². The number of nitrogens with one attached hydrogen (secondary N) is 1. The summed E-state index contributed by atoms with van der Waals surface area (Å²) in [6.07, 6.45) is 0. The molecule has 2 heterocycles. The molecule has 0 unspecified atom stereocenters. The van der Waals surface area contributed by atoms with Gasteiger partial charge in [-0.3, -0.25) is 4.72 Å². The van der Waals surface area contributed by atoms with Crippen molar-refractivity contribution >= 4 is 37.8 Å². The van der Waals surface area contributed by atoms with E-state index >= 15 is 0 Å². The number of sulfonamides is 1. The second-order valence-electron chi connectivity index (χ2n) is 9.41. The molecule has 0 spiro atoms. The van der Waals surface area contributed by atoms with Crippen LogP contribution in [0.5, 0.6) is 5.75 Å². The highest BCUT2D eigenvalue weighted by molar-refractivity contribution is 7.93. The number of aromatic nitrogens is 1. The van der Waals surface area contributed by atoms with Crippen LogP contribution in [0.1, 0.15) is 31.9 Å². The number of aryl methyl sites for hydroxylation is 2. The molecule has 0 aliphatic rings. The minimum atomic E-state index is -3.71. The number of thiophene rings is 1. The molecule has 0 radical (unpaired) electrons. The van der Waals surface area contributed by atoms with Crippen LogP contribution in [0.2, 0.25) is 0 Å². The summed E-state index contributed by atoms with van der Waals surface area (Å²) in [5.41, 5.74) is 4.91. The first-order valence-electron chi connectivity index (χ1n) is 10.9. The minimum Gasteiger partial charge on any atom is -0.493 e. The SMILES string of the molecule is Cc1cccc(C)c1-c1nc(NS(=O)(=O)c2ccsc2)sc1-c1cccc(OCC(C)(C)C)c1. The maximum absolute atomic E-state index is 12.9. The maximum Gasteiger partial charge on any atom is 0.264 e. The molecule has 0 aliphatic carbocycles. The van der Waals surface area contributed by atoms with E-state index in [0.717, 1.165) is 38.6 Å². The topological polar surface area (TPSA) is 68.3 Å². The Hall–Kier alpha value is -2.68. The molecule has 8 heteroatoms. The lowest BCUT2D eigenvalue weighted by Crippen LogP contribution is -2.16. The summed E-state index contributed by atoms with van der Waals surface area (Å²) in [6, 6.07) is 15.6. The Morgan fingerprint density at radius 1 is 1.03 bits per heavy atom. The van der Waals surface area contributed by atoms with Crippen LogP contribution in [-0.4, -0.2) is 20.0 Å². The van der Waals surface area contributed by atoms with Crippen molar-refractivity contribution in [2.75, 3.05) is 11.3 Å². The molecule has 0 aliphatic heterocycles. The van der Waals surface area contributed by atoms with Gasteiger partial charge in [-0.05, 0) is 59.5 Å². The highest BCUT2D eigenvalue weighted by atomic mass is 32.2. The predicted octanol–water partition coefficient (Wildman–Crippen LogP) is 7.38. The molecule has 0 amide bonds. The number of rotatable bonds is 7. The summed E-state index contributed by atoms with van der Waals surface area (Å²) >= 11 is 2.67.